The van der Waals surface area contributed by atoms with E-state index in [1.165, 1.54) is 18.3 Å². The summed E-state index contributed by atoms with van der Waals surface area (Å²) in [5.74, 6) is -1.07. The van der Waals surface area contributed by atoms with Gasteiger partial charge in [-0.2, -0.15) is 0 Å². The Morgan fingerprint density at radius 1 is 1.33 bits per heavy atom. The summed E-state index contributed by atoms with van der Waals surface area (Å²) in [7, 11) is 0. The van der Waals surface area contributed by atoms with Crippen molar-refractivity contribution >= 4 is 23.2 Å². The van der Waals surface area contributed by atoms with Crippen LogP contribution in [0.4, 0.5) is 10.1 Å². The molecule has 0 fully saturated rings. The largest absolute Gasteiger partial charge is 0.320 e. The molecule has 0 spiro atoms. The molecule has 1 aromatic carbocycles. The van der Waals surface area contributed by atoms with Gasteiger partial charge in [0.15, 0.2) is 0 Å². The SMILES string of the molecule is Cc1ccc(F)c(C(=O)Nc2ccc(Cl)nc2)c1. The van der Waals surface area contributed by atoms with Crippen LogP contribution < -0.4 is 5.32 Å². The van der Waals surface area contributed by atoms with E-state index in [1.54, 1.807) is 25.1 Å². The lowest BCUT2D eigenvalue weighted by atomic mass is 10.1. The number of rotatable bonds is 2. The molecule has 2 aromatic rings. The molecule has 0 radical (unpaired) electrons. The highest BCUT2D eigenvalue weighted by molar-refractivity contribution is 6.29. The number of hydrogen-bond acceptors (Lipinski definition) is 2. The number of anilines is 1. The van der Waals surface area contributed by atoms with Gasteiger partial charge in [0.1, 0.15) is 11.0 Å². The van der Waals surface area contributed by atoms with Gasteiger partial charge >= 0.3 is 0 Å². The van der Waals surface area contributed by atoms with Crippen LogP contribution in [0.2, 0.25) is 5.15 Å². The van der Waals surface area contributed by atoms with Crippen molar-refractivity contribution < 1.29 is 9.18 Å². The van der Waals surface area contributed by atoms with Gasteiger partial charge in [0, 0.05) is 0 Å². The Morgan fingerprint density at radius 2 is 2.11 bits per heavy atom. The van der Waals surface area contributed by atoms with Crippen LogP contribution in [0.1, 0.15) is 15.9 Å². The van der Waals surface area contributed by atoms with Gasteiger partial charge < -0.3 is 5.32 Å². The normalized spacial score (nSPS) is 10.2. The summed E-state index contributed by atoms with van der Waals surface area (Å²) in [6.07, 6.45) is 1.41. The van der Waals surface area contributed by atoms with Gasteiger partial charge in [0.2, 0.25) is 0 Å². The van der Waals surface area contributed by atoms with E-state index in [-0.39, 0.29) is 5.56 Å². The molecule has 5 heteroatoms. The number of nitrogens with zero attached hydrogens (tertiary/aromatic N) is 1. The number of carbonyl (C=O) groups is 1. The molecule has 1 N–H and O–H groups in total. The third-order valence-electron chi connectivity index (χ3n) is 2.35. The number of halogens is 2. The van der Waals surface area contributed by atoms with Crippen molar-refractivity contribution in [1.29, 1.82) is 0 Å². The monoisotopic (exact) mass is 264 g/mol. The fourth-order valence-corrected chi connectivity index (χ4v) is 1.57. The molecule has 0 aliphatic heterocycles. The predicted octanol–water partition coefficient (Wildman–Crippen LogP) is 3.43. The van der Waals surface area contributed by atoms with Gasteiger partial charge in [0.25, 0.3) is 5.91 Å². The summed E-state index contributed by atoms with van der Waals surface area (Å²) in [6.45, 7) is 1.79. The smallest absolute Gasteiger partial charge is 0.258 e. The summed E-state index contributed by atoms with van der Waals surface area (Å²) < 4.78 is 13.5. The zero-order valence-corrected chi connectivity index (χ0v) is 10.3. The van der Waals surface area contributed by atoms with Crippen molar-refractivity contribution in [1.82, 2.24) is 4.98 Å². The van der Waals surface area contributed by atoms with Crippen LogP contribution in [0.5, 0.6) is 0 Å². The molecule has 0 bridgehead atoms. The molecule has 0 atom stereocenters. The van der Waals surface area contributed by atoms with Crippen LogP contribution in [-0.2, 0) is 0 Å². The fraction of sp³-hybridized carbons (Fsp3) is 0.0769. The summed E-state index contributed by atoms with van der Waals surface area (Å²) in [5, 5.41) is 2.88. The molecule has 92 valence electrons. The first-order valence-corrected chi connectivity index (χ1v) is 5.63. The van der Waals surface area contributed by atoms with Crippen LogP contribution >= 0.6 is 11.6 Å². The molecular formula is C13H10ClFN2O. The van der Waals surface area contributed by atoms with Crippen LogP contribution in [0.15, 0.2) is 36.5 Å². The Balaban J connectivity index is 2.21. The maximum absolute atomic E-state index is 13.5. The van der Waals surface area contributed by atoms with Gasteiger partial charge in [-0.05, 0) is 31.2 Å². The molecule has 1 heterocycles. The minimum atomic E-state index is -0.556. The lowest BCUT2D eigenvalue weighted by molar-refractivity contribution is 0.102. The number of nitrogens with one attached hydrogen (secondary N) is 1. The Bertz CT molecular complexity index is 584. The first-order valence-electron chi connectivity index (χ1n) is 5.25. The minimum absolute atomic E-state index is 0.00458. The highest BCUT2D eigenvalue weighted by atomic mass is 35.5. The van der Waals surface area contributed by atoms with Crippen LogP contribution in [-0.4, -0.2) is 10.9 Å². The number of hydrogen-bond donors (Lipinski definition) is 1. The first-order chi connectivity index (χ1) is 8.56. The van der Waals surface area contributed by atoms with Crippen LogP contribution in [0.25, 0.3) is 0 Å². The molecule has 0 saturated carbocycles. The highest BCUT2D eigenvalue weighted by Gasteiger charge is 2.12. The second kappa shape index (κ2) is 5.14. The lowest BCUT2D eigenvalue weighted by Gasteiger charge is -2.06. The predicted molar refractivity (Wildman–Crippen MR) is 68.3 cm³/mol. The van der Waals surface area contributed by atoms with E-state index in [2.05, 4.69) is 10.3 Å². The van der Waals surface area contributed by atoms with Gasteiger partial charge in [-0.25, -0.2) is 9.37 Å². The maximum Gasteiger partial charge on any atom is 0.258 e. The van der Waals surface area contributed by atoms with Crippen molar-refractivity contribution in [3.63, 3.8) is 0 Å². The first kappa shape index (κ1) is 12.5. The molecule has 1 amide bonds. The highest BCUT2D eigenvalue weighted by Crippen LogP contribution is 2.14. The van der Waals surface area contributed by atoms with Crippen molar-refractivity contribution in [2.75, 3.05) is 5.32 Å². The molecule has 2 rings (SSSR count). The van der Waals surface area contributed by atoms with Crippen molar-refractivity contribution in [3.05, 3.63) is 58.6 Å². The number of carbonyl (C=O) groups excluding carboxylic acids is 1. The second-order valence-electron chi connectivity index (χ2n) is 3.81. The Morgan fingerprint density at radius 3 is 2.78 bits per heavy atom. The number of aryl methyl sites for hydroxylation is 1. The maximum atomic E-state index is 13.5. The van der Waals surface area contributed by atoms with E-state index in [9.17, 15) is 9.18 Å². The molecule has 0 aliphatic carbocycles. The fourth-order valence-electron chi connectivity index (χ4n) is 1.46. The van der Waals surface area contributed by atoms with Gasteiger partial charge in [0.05, 0.1) is 17.4 Å². The van der Waals surface area contributed by atoms with E-state index in [1.807, 2.05) is 0 Å². The Hall–Kier alpha value is -1.94. The van der Waals surface area contributed by atoms with Gasteiger partial charge in [-0.15, -0.1) is 0 Å². The van der Waals surface area contributed by atoms with Gasteiger partial charge in [-0.1, -0.05) is 23.2 Å². The molecule has 0 unspecified atom stereocenters. The number of amides is 1. The van der Waals surface area contributed by atoms with Crippen LogP contribution in [0.3, 0.4) is 0 Å². The Labute approximate surface area is 109 Å². The summed E-state index contributed by atoms with van der Waals surface area (Å²) in [4.78, 5) is 15.7. The average molecular weight is 265 g/mol. The van der Waals surface area contributed by atoms with Gasteiger partial charge in [-0.3, -0.25) is 4.79 Å². The minimum Gasteiger partial charge on any atom is -0.320 e. The quantitative estimate of drug-likeness (QED) is 0.845. The van der Waals surface area contributed by atoms with Crippen molar-refractivity contribution in [2.45, 2.75) is 6.92 Å². The summed E-state index contributed by atoms with van der Waals surface area (Å²) >= 11 is 5.63. The second-order valence-corrected chi connectivity index (χ2v) is 4.19. The van der Waals surface area contributed by atoms with Crippen molar-refractivity contribution in [3.8, 4) is 0 Å². The third kappa shape index (κ3) is 2.84. The van der Waals surface area contributed by atoms with Crippen LogP contribution in [0, 0.1) is 12.7 Å². The molecule has 0 saturated heterocycles. The third-order valence-corrected chi connectivity index (χ3v) is 2.58. The number of pyridine rings is 1. The average Bonchev–Trinajstić information content (AvgIpc) is 2.35. The molecule has 18 heavy (non-hydrogen) atoms. The summed E-state index contributed by atoms with van der Waals surface area (Å²) in [5.41, 5.74) is 1.28. The van der Waals surface area contributed by atoms with E-state index in [0.717, 1.165) is 5.56 Å². The number of benzene rings is 1. The topological polar surface area (TPSA) is 42.0 Å². The zero-order valence-electron chi connectivity index (χ0n) is 9.58. The number of aromatic nitrogens is 1. The molecule has 0 aliphatic rings. The molecular weight excluding hydrogens is 255 g/mol. The van der Waals surface area contributed by atoms with Crippen molar-refractivity contribution in [2.24, 2.45) is 0 Å². The Kier molecular flexibility index (Phi) is 3.58. The molecule has 1 aromatic heterocycles. The standard InChI is InChI=1S/C13H10ClFN2O/c1-8-2-4-11(15)10(6-8)13(18)17-9-3-5-12(14)16-7-9/h2-7H,1H3,(H,17,18). The summed E-state index contributed by atoms with van der Waals surface area (Å²) in [6, 6.07) is 7.51. The van der Waals surface area contributed by atoms with E-state index in [4.69, 9.17) is 11.6 Å². The van der Waals surface area contributed by atoms with E-state index in [0.29, 0.717) is 10.8 Å². The van der Waals surface area contributed by atoms with E-state index < -0.39 is 11.7 Å². The van der Waals surface area contributed by atoms with E-state index >= 15 is 0 Å². The zero-order chi connectivity index (χ0) is 13.1. The molecule has 3 nitrogen and oxygen atoms in total. The lowest BCUT2D eigenvalue weighted by Crippen LogP contribution is -2.14.